The van der Waals surface area contributed by atoms with Crippen LogP contribution in [0.25, 0.3) is 11.0 Å². The number of ether oxygens (including phenoxy) is 2. The van der Waals surface area contributed by atoms with Gasteiger partial charge in [-0.2, -0.15) is 4.98 Å². The summed E-state index contributed by atoms with van der Waals surface area (Å²) in [5.74, 6) is 0. The minimum atomic E-state index is -0.241. The van der Waals surface area contributed by atoms with Crippen molar-refractivity contribution in [1.29, 1.82) is 0 Å². The maximum atomic E-state index is 12.9. The predicted octanol–water partition coefficient (Wildman–Crippen LogP) is 2.68. The minimum Gasteiger partial charge on any atom is -0.468 e. The van der Waals surface area contributed by atoms with E-state index in [1.165, 1.54) is 17.2 Å². The summed E-state index contributed by atoms with van der Waals surface area (Å²) in [7, 11) is 1.53. The molecule has 1 aliphatic rings. The lowest BCUT2D eigenvalue weighted by atomic mass is 10.1. The molecule has 2 aromatic carbocycles. The van der Waals surface area contributed by atoms with Gasteiger partial charge in [0.05, 0.1) is 31.4 Å². The molecule has 146 valence electrons. The highest BCUT2D eigenvalue weighted by atomic mass is 16.5. The molecule has 0 bridgehead atoms. The Hall–Kier alpha value is -3.06. The largest absolute Gasteiger partial charge is 0.468 e. The SMILES string of the molecule is COc1nc2ccc(N3CCOCC3)cc2n1C(=O)NCCc1ccccc1. The number of methoxy groups -OCH3 is 1. The van der Waals surface area contributed by atoms with Crippen LogP contribution in [0.3, 0.4) is 0 Å². The van der Waals surface area contributed by atoms with E-state index < -0.39 is 0 Å². The van der Waals surface area contributed by atoms with Gasteiger partial charge in [-0.1, -0.05) is 30.3 Å². The molecule has 4 rings (SSSR count). The summed E-state index contributed by atoms with van der Waals surface area (Å²) in [6.45, 7) is 3.62. The number of morpholine rings is 1. The Balaban J connectivity index is 1.56. The van der Waals surface area contributed by atoms with E-state index in [1.807, 2.05) is 48.5 Å². The zero-order chi connectivity index (χ0) is 19.3. The Labute approximate surface area is 163 Å². The molecule has 1 saturated heterocycles. The molecule has 0 spiro atoms. The van der Waals surface area contributed by atoms with E-state index in [2.05, 4.69) is 15.2 Å². The smallest absolute Gasteiger partial charge is 0.330 e. The van der Waals surface area contributed by atoms with Crippen molar-refractivity contribution in [2.45, 2.75) is 6.42 Å². The summed E-state index contributed by atoms with van der Waals surface area (Å²) < 4.78 is 12.3. The van der Waals surface area contributed by atoms with E-state index in [9.17, 15) is 4.79 Å². The minimum absolute atomic E-state index is 0.241. The van der Waals surface area contributed by atoms with Crippen LogP contribution in [0.5, 0.6) is 6.01 Å². The van der Waals surface area contributed by atoms with E-state index in [0.717, 1.165) is 36.2 Å². The van der Waals surface area contributed by atoms with Gasteiger partial charge >= 0.3 is 12.0 Å². The number of carbonyl (C=O) groups excluding carboxylic acids is 1. The summed E-state index contributed by atoms with van der Waals surface area (Å²) >= 11 is 0. The molecule has 0 aliphatic carbocycles. The predicted molar refractivity (Wildman–Crippen MR) is 108 cm³/mol. The van der Waals surface area contributed by atoms with Crippen LogP contribution in [0.1, 0.15) is 5.56 Å². The number of benzene rings is 2. The number of anilines is 1. The lowest BCUT2D eigenvalue weighted by Gasteiger charge is -2.28. The monoisotopic (exact) mass is 380 g/mol. The number of nitrogens with one attached hydrogen (secondary N) is 1. The molecule has 1 N–H and O–H groups in total. The van der Waals surface area contributed by atoms with Crippen LogP contribution in [0.4, 0.5) is 10.5 Å². The molecule has 28 heavy (non-hydrogen) atoms. The van der Waals surface area contributed by atoms with Crippen molar-refractivity contribution in [3.8, 4) is 6.01 Å². The van der Waals surface area contributed by atoms with Gasteiger partial charge < -0.3 is 19.7 Å². The quantitative estimate of drug-likeness (QED) is 0.737. The average Bonchev–Trinajstić information content (AvgIpc) is 3.13. The zero-order valence-electron chi connectivity index (χ0n) is 15.9. The first kappa shape index (κ1) is 18.3. The molecule has 0 unspecified atom stereocenters. The van der Waals surface area contributed by atoms with Crippen molar-refractivity contribution in [3.05, 3.63) is 54.1 Å². The third kappa shape index (κ3) is 3.80. The summed E-state index contributed by atoms with van der Waals surface area (Å²) in [5.41, 5.74) is 3.70. The Morgan fingerprint density at radius 2 is 1.96 bits per heavy atom. The number of fused-ring (bicyclic) bond motifs is 1. The molecule has 0 saturated carbocycles. The van der Waals surface area contributed by atoms with Crippen molar-refractivity contribution in [2.75, 3.05) is 44.9 Å². The fraction of sp³-hybridized carbons (Fsp3) is 0.333. The van der Waals surface area contributed by atoms with Gasteiger partial charge in [0.2, 0.25) is 0 Å². The van der Waals surface area contributed by atoms with Crippen molar-refractivity contribution >= 4 is 22.8 Å². The van der Waals surface area contributed by atoms with Gasteiger partial charge in [-0.3, -0.25) is 0 Å². The second-order valence-electron chi connectivity index (χ2n) is 6.67. The number of hydrogen-bond acceptors (Lipinski definition) is 5. The maximum absolute atomic E-state index is 12.9. The number of imidazole rings is 1. The van der Waals surface area contributed by atoms with E-state index in [4.69, 9.17) is 9.47 Å². The van der Waals surface area contributed by atoms with Crippen molar-refractivity contribution in [1.82, 2.24) is 14.9 Å². The summed E-state index contributed by atoms with van der Waals surface area (Å²) in [6.07, 6.45) is 0.764. The third-order valence-electron chi connectivity index (χ3n) is 4.90. The number of hydrogen-bond donors (Lipinski definition) is 1. The second kappa shape index (κ2) is 8.31. The van der Waals surface area contributed by atoms with Gasteiger partial charge in [0, 0.05) is 25.3 Å². The van der Waals surface area contributed by atoms with Gasteiger partial charge in [0.15, 0.2) is 0 Å². The number of aromatic nitrogens is 2. The molecule has 1 amide bonds. The first-order valence-electron chi connectivity index (χ1n) is 9.47. The molecule has 1 aromatic heterocycles. The van der Waals surface area contributed by atoms with Crippen LogP contribution in [0.2, 0.25) is 0 Å². The van der Waals surface area contributed by atoms with E-state index >= 15 is 0 Å². The number of rotatable bonds is 5. The van der Waals surface area contributed by atoms with Gasteiger partial charge in [-0.15, -0.1) is 0 Å². The lowest BCUT2D eigenvalue weighted by Crippen LogP contribution is -2.36. The second-order valence-corrected chi connectivity index (χ2v) is 6.67. The molecule has 1 fully saturated rings. The fourth-order valence-corrected chi connectivity index (χ4v) is 3.43. The molecule has 3 aromatic rings. The summed E-state index contributed by atoms with van der Waals surface area (Å²) in [4.78, 5) is 19.6. The standard InChI is InChI=1S/C21H24N4O3/c1-27-21-23-18-8-7-17(24-11-13-28-14-12-24)15-19(18)25(21)20(26)22-10-9-16-5-3-2-4-6-16/h2-8,15H,9-14H2,1H3,(H,22,26). The molecule has 1 aliphatic heterocycles. The molecule has 7 heteroatoms. The number of carbonyl (C=O) groups is 1. The van der Waals surface area contributed by atoms with E-state index in [1.54, 1.807) is 0 Å². The zero-order valence-corrected chi connectivity index (χ0v) is 15.9. The molecule has 7 nitrogen and oxygen atoms in total. The van der Waals surface area contributed by atoms with Crippen LogP contribution in [0.15, 0.2) is 48.5 Å². The molecular formula is C21H24N4O3. The van der Waals surface area contributed by atoms with Gasteiger partial charge in [0.25, 0.3) is 0 Å². The van der Waals surface area contributed by atoms with E-state index in [-0.39, 0.29) is 12.0 Å². The van der Waals surface area contributed by atoms with Crippen molar-refractivity contribution < 1.29 is 14.3 Å². The van der Waals surface area contributed by atoms with Crippen LogP contribution in [-0.2, 0) is 11.2 Å². The Morgan fingerprint density at radius 3 is 2.71 bits per heavy atom. The Morgan fingerprint density at radius 1 is 1.18 bits per heavy atom. The van der Waals surface area contributed by atoms with E-state index in [0.29, 0.717) is 19.8 Å². The van der Waals surface area contributed by atoms with Crippen LogP contribution < -0.4 is 15.0 Å². The van der Waals surface area contributed by atoms with Crippen LogP contribution in [-0.4, -0.2) is 55.5 Å². The van der Waals surface area contributed by atoms with Crippen molar-refractivity contribution in [2.24, 2.45) is 0 Å². The van der Waals surface area contributed by atoms with Crippen LogP contribution >= 0.6 is 0 Å². The highest BCUT2D eigenvalue weighted by Gasteiger charge is 2.19. The first-order valence-corrected chi connectivity index (χ1v) is 9.47. The number of nitrogens with zero attached hydrogens (tertiary/aromatic N) is 3. The summed E-state index contributed by atoms with van der Waals surface area (Å²) in [5, 5.41) is 2.97. The third-order valence-corrected chi connectivity index (χ3v) is 4.90. The normalized spacial score (nSPS) is 14.2. The maximum Gasteiger partial charge on any atom is 0.330 e. The summed E-state index contributed by atoms with van der Waals surface area (Å²) in [6, 6.07) is 16.1. The highest BCUT2D eigenvalue weighted by Crippen LogP contribution is 2.26. The number of amides is 1. The van der Waals surface area contributed by atoms with Gasteiger partial charge in [-0.25, -0.2) is 9.36 Å². The molecule has 0 atom stereocenters. The van der Waals surface area contributed by atoms with Crippen LogP contribution in [0, 0.1) is 0 Å². The molecular weight excluding hydrogens is 356 g/mol. The first-order chi connectivity index (χ1) is 13.8. The average molecular weight is 380 g/mol. The lowest BCUT2D eigenvalue weighted by molar-refractivity contribution is 0.122. The Kier molecular flexibility index (Phi) is 5.43. The molecule has 2 heterocycles. The van der Waals surface area contributed by atoms with Crippen molar-refractivity contribution in [3.63, 3.8) is 0 Å². The Bertz CT molecular complexity index is 949. The fourth-order valence-electron chi connectivity index (χ4n) is 3.43. The van der Waals surface area contributed by atoms with Gasteiger partial charge in [0.1, 0.15) is 0 Å². The highest BCUT2D eigenvalue weighted by molar-refractivity contribution is 5.92. The van der Waals surface area contributed by atoms with Gasteiger partial charge in [-0.05, 0) is 30.2 Å². The molecule has 0 radical (unpaired) electrons. The topological polar surface area (TPSA) is 68.6 Å².